The molecule has 2 rings (SSSR count). The molecule has 1 unspecified atom stereocenters. The number of nitrogens with one attached hydrogen (secondary N) is 1. The van der Waals surface area contributed by atoms with Crippen LogP contribution in [0.1, 0.15) is 17.3 Å². The fourth-order valence-corrected chi connectivity index (χ4v) is 1.59. The van der Waals surface area contributed by atoms with Crippen LogP contribution in [0.4, 0.5) is 0 Å². The molecule has 92 valence electrons. The summed E-state index contributed by atoms with van der Waals surface area (Å²) < 4.78 is 10.8. The maximum atomic E-state index is 11.9. The molecule has 1 aromatic rings. The van der Waals surface area contributed by atoms with Gasteiger partial charge in [-0.1, -0.05) is 6.07 Å². The summed E-state index contributed by atoms with van der Waals surface area (Å²) in [6, 6.07) is 5.18. The average molecular weight is 237 g/mol. The highest BCUT2D eigenvalue weighted by Gasteiger charge is 2.20. The lowest BCUT2D eigenvalue weighted by Crippen LogP contribution is -2.31. The van der Waals surface area contributed by atoms with Crippen molar-refractivity contribution in [2.75, 3.05) is 19.8 Å². The van der Waals surface area contributed by atoms with Gasteiger partial charge in [0, 0.05) is 6.54 Å². The van der Waals surface area contributed by atoms with Gasteiger partial charge in [-0.25, -0.2) is 0 Å². The van der Waals surface area contributed by atoms with E-state index in [2.05, 4.69) is 5.32 Å². The van der Waals surface area contributed by atoms with Crippen LogP contribution in [-0.2, 0) is 0 Å². The van der Waals surface area contributed by atoms with Crippen molar-refractivity contribution in [1.29, 1.82) is 0 Å². The van der Waals surface area contributed by atoms with E-state index in [9.17, 15) is 4.79 Å². The van der Waals surface area contributed by atoms with Crippen molar-refractivity contribution in [2.24, 2.45) is 0 Å². The number of aliphatic hydroxyl groups is 1. The van der Waals surface area contributed by atoms with Gasteiger partial charge in [0.15, 0.2) is 11.5 Å². The largest absolute Gasteiger partial charge is 0.486 e. The van der Waals surface area contributed by atoms with E-state index in [1.54, 1.807) is 25.1 Å². The number of carbonyl (C=O) groups excluding carboxylic acids is 1. The Kier molecular flexibility index (Phi) is 3.49. The summed E-state index contributed by atoms with van der Waals surface area (Å²) in [7, 11) is 0. The van der Waals surface area contributed by atoms with Gasteiger partial charge in [-0.2, -0.15) is 0 Å². The van der Waals surface area contributed by atoms with E-state index in [-0.39, 0.29) is 12.5 Å². The minimum Gasteiger partial charge on any atom is -0.486 e. The molecule has 0 aromatic heterocycles. The maximum Gasteiger partial charge on any atom is 0.255 e. The van der Waals surface area contributed by atoms with Gasteiger partial charge in [-0.05, 0) is 19.1 Å². The Morgan fingerprint density at radius 3 is 3.00 bits per heavy atom. The first kappa shape index (κ1) is 11.7. The molecule has 0 fully saturated rings. The summed E-state index contributed by atoms with van der Waals surface area (Å²) in [6.07, 6.45) is -0.573. The molecule has 1 aliphatic heterocycles. The Bertz CT molecular complexity index is 417. The quantitative estimate of drug-likeness (QED) is 0.806. The smallest absolute Gasteiger partial charge is 0.255 e. The second kappa shape index (κ2) is 5.05. The first-order chi connectivity index (χ1) is 8.18. The van der Waals surface area contributed by atoms with E-state index in [0.717, 1.165) is 0 Å². The second-order valence-electron chi connectivity index (χ2n) is 3.89. The molecule has 0 radical (unpaired) electrons. The third-order valence-electron chi connectivity index (χ3n) is 2.37. The summed E-state index contributed by atoms with van der Waals surface area (Å²) in [5.74, 6) is 0.788. The van der Waals surface area contributed by atoms with E-state index in [1.165, 1.54) is 0 Å². The van der Waals surface area contributed by atoms with Crippen LogP contribution in [0.25, 0.3) is 0 Å². The number of hydrogen-bond donors (Lipinski definition) is 2. The van der Waals surface area contributed by atoms with Crippen molar-refractivity contribution in [3.63, 3.8) is 0 Å². The highest BCUT2D eigenvalue weighted by Crippen LogP contribution is 2.33. The molecule has 1 atom stereocenters. The highest BCUT2D eigenvalue weighted by molar-refractivity contribution is 5.97. The van der Waals surface area contributed by atoms with E-state index in [0.29, 0.717) is 30.3 Å². The molecule has 1 aromatic carbocycles. The standard InChI is InChI=1S/C12H15NO4/c1-8(14)7-13-12(15)9-3-2-4-10-11(9)17-6-5-16-10/h2-4,8,14H,5-7H2,1H3,(H,13,15). The van der Waals surface area contributed by atoms with E-state index in [1.807, 2.05) is 0 Å². The molecule has 0 spiro atoms. The van der Waals surface area contributed by atoms with Gasteiger partial charge < -0.3 is 19.9 Å². The number of amides is 1. The summed E-state index contributed by atoms with van der Waals surface area (Å²) in [5.41, 5.74) is 0.433. The minimum atomic E-state index is -0.573. The maximum absolute atomic E-state index is 11.9. The van der Waals surface area contributed by atoms with Crippen molar-refractivity contribution in [3.05, 3.63) is 23.8 Å². The average Bonchev–Trinajstić information content (AvgIpc) is 2.35. The lowest BCUT2D eigenvalue weighted by molar-refractivity contribution is 0.0913. The number of para-hydroxylation sites is 1. The third-order valence-corrected chi connectivity index (χ3v) is 2.37. The zero-order valence-electron chi connectivity index (χ0n) is 9.60. The Hall–Kier alpha value is -1.75. The van der Waals surface area contributed by atoms with Crippen LogP contribution in [0.3, 0.4) is 0 Å². The molecule has 2 N–H and O–H groups in total. The fourth-order valence-electron chi connectivity index (χ4n) is 1.59. The van der Waals surface area contributed by atoms with Crippen molar-refractivity contribution in [2.45, 2.75) is 13.0 Å². The molecule has 0 saturated carbocycles. The number of hydrogen-bond acceptors (Lipinski definition) is 4. The number of carbonyl (C=O) groups is 1. The van der Waals surface area contributed by atoms with E-state index in [4.69, 9.17) is 14.6 Å². The van der Waals surface area contributed by atoms with E-state index >= 15 is 0 Å². The molecule has 0 bridgehead atoms. The van der Waals surface area contributed by atoms with Crippen LogP contribution in [0.15, 0.2) is 18.2 Å². The molecular weight excluding hydrogens is 222 g/mol. The van der Waals surface area contributed by atoms with Crippen LogP contribution >= 0.6 is 0 Å². The third kappa shape index (κ3) is 2.68. The zero-order chi connectivity index (χ0) is 12.3. The Balaban J connectivity index is 2.17. The molecule has 1 heterocycles. The first-order valence-electron chi connectivity index (χ1n) is 5.53. The first-order valence-corrected chi connectivity index (χ1v) is 5.53. The normalized spacial score (nSPS) is 15.2. The van der Waals surface area contributed by atoms with Gasteiger partial charge in [0.25, 0.3) is 5.91 Å². The highest BCUT2D eigenvalue weighted by atomic mass is 16.6. The molecule has 1 aliphatic rings. The van der Waals surface area contributed by atoms with E-state index < -0.39 is 6.10 Å². The molecular formula is C12H15NO4. The van der Waals surface area contributed by atoms with Gasteiger partial charge in [-0.15, -0.1) is 0 Å². The minimum absolute atomic E-state index is 0.212. The number of aliphatic hydroxyl groups excluding tert-OH is 1. The molecule has 5 heteroatoms. The van der Waals surface area contributed by atoms with Gasteiger partial charge >= 0.3 is 0 Å². The zero-order valence-corrected chi connectivity index (χ0v) is 9.60. The molecule has 0 saturated heterocycles. The molecule has 17 heavy (non-hydrogen) atoms. The van der Waals surface area contributed by atoms with Gasteiger partial charge in [0.05, 0.1) is 11.7 Å². The van der Waals surface area contributed by atoms with Crippen LogP contribution in [0, 0.1) is 0 Å². The Morgan fingerprint density at radius 1 is 1.47 bits per heavy atom. The summed E-state index contributed by atoms with van der Waals surface area (Å²) >= 11 is 0. The number of fused-ring (bicyclic) bond motifs is 1. The van der Waals surface area contributed by atoms with Crippen molar-refractivity contribution in [3.8, 4) is 11.5 Å². The summed E-state index contributed by atoms with van der Waals surface area (Å²) in [5, 5.41) is 11.7. The number of benzene rings is 1. The molecule has 5 nitrogen and oxygen atoms in total. The lowest BCUT2D eigenvalue weighted by atomic mass is 10.1. The van der Waals surface area contributed by atoms with Crippen LogP contribution < -0.4 is 14.8 Å². The fraction of sp³-hybridized carbons (Fsp3) is 0.417. The lowest BCUT2D eigenvalue weighted by Gasteiger charge is -2.20. The summed E-state index contributed by atoms with van der Waals surface area (Å²) in [6.45, 7) is 2.75. The van der Waals surface area contributed by atoms with Crippen LogP contribution in [0.2, 0.25) is 0 Å². The topological polar surface area (TPSA) is 67.8 Å². The Morgan fingerprint density at radius 2 is 2.24 bits per heavy atom. The molecule has 1 amide bonds. The SMILES string of the molecule is CC(O)CNC(=O)c1cccc2c1OCCO2. The van der Waals surface area contributed by atoms with Crippen LogP contribution in [0.5, 0.6) is 11.5 Å². The molecule has 0 aliphatic carbocycles. The van der Waals surface area contributed by atoms with Crippen LogP contribution in [-0.4, -0.2) is 36.9 Å². The second-order valence-corrected chi connectivity index (χ2v) is 3.89. The van der Waals surface area contributed by atoms with Gasteiger partial charge in [0.1, 0.15) is 13.2 Å². The van der Waals surface area contributed by atoms with Crippen molar-refractivity contribution in [1.82, 2.24) is 5.32 Å². The van der Waals surface area contributed by atoms with Crippen molar-refractivity contribution < 1.29 is 19.4 Å². The van der Waals surface area contributed by atoms with Gasteiger partial charge in [-0.3, -0.25) is 4.79 Å². The Labute approximate surface area is 99.3 Å². The van der Waals surface area contributed by atoms with Crippen molar-refractivity contribution >= 4 is 5.91 Å². The van der Waals surface area contributed by atoms with Gasteiger partial charge in [0.2, 0.25) is 0 Å². The predicted molar refractivity (Wildman–Crippen MR) is 61.4 cm³/mol. The number of rotatable bonds is 3. The number of ether oxygens (including phenoxy) is 2. The monoisotopic (exact) mass is 237 g/mol. The predicted octanol–water partition coefficient (Wildman–Crippen LogP) is 0.568. The summed E-state index contributed by atoms with van der Waals surface area (Å²) in [4.78, 5) is 11.9.